The predicted molar refractivity (Wildman–Crippen MR) is 92.3 cm³/mol. The molecule has 2 N–H and O–H groups in total. The van der Waals surface area contributed by atoms with E-state index >= 15 is 0 Å². The van der Waals surface area contributed by atoms with Crippen LogP contribution >= 0.6 is 0 Å². The summed E-state index contributed by atoms with van der Waals surface area (Å²) in [5.74, 6) is 0. The Kier molecular flexibility index (Phi) is 12.7. The van der Waals surface area contributed by atoms with Crippen LogP contribution in [0.4, 0.5) is 0 Å². The molecule has 3 heteroatoms. The quantitative estimate of drug-likeness (QED) is 0.516. The summed E-state index contributed by atoms with van der Waals surface area (Å²) in [6.45, 7) is 11.9. The van der Waals surface area contributed by atoms with Crippen LogP contribution in [-0.2, 0) is 19.5 Å². The molecule has 0 radical (unpaired) electrons. The van der Waals surface area contributed by atoms with Crippen molar-refractivity contribution in [3.8, 4) is 0 Å². The number of aliphatic hydroxyl groups is 2. The Bertz CT molecular complexity index is 277. The number of allylic oxidation sites excluding steroid dienone is 4. The SMILES string of the molecule is C1=C\CC/C=C\CC/1.CC(C)(C)C(O)CC(O)C(C)(C)C.[Ru]. The molecule has 22 heavy (non-hydrogen) atoms. The zero-order valence-corrected chi connectivity index (χ0v) is 17.0. The molecule has 0 fully saturated rings. The summed E-state index contributed by atoms with van der Waals surface area (Å²) in [7, 11) is 0. The van der Waals surface area contributed by atoms with Crippen LogP contribution < -0.4 is 0 Å². The molecule has 0 heterocycles. The summed E-state index contributed by atoms with van der Waals surface area (Å²) in [6, 6.07) is 0. The third kappa shape index (κ3) is 12.6. The van der Waals surface area contributed by atoms with Crippen molar-refractivity contribution in [1.82, 2.24) is 0 Å². The molecule has 0 aromatic heterocycles. The first-order chi connectivity index (χ1) is 9.55. The van der Waals surface area contributed by atoms with Crippen LogP contribution in [0.2, 0.25) is 0 Å². The Labute approximate surface area is 150 Å². The summed E-state index contributed by atoms with van der Waals surface area (Å²) >= 11 is 0. The first-order valence-corrected chi connectivity index (χ1v) is 8.21. The molecule has 2 unspecified atom stereocenters. The average Bonchev–Trinajstić information content (AvgIpc) is 2.25. The Morgan fingerprint density at radius 2 is 0.909 bits per heavy atom. The molecule has 2 atom stereocenters. The fourth-order valence-corrected chi connectivity index (χ4v) is 1.77. The van der Waals surface area contributed by atoms with Gasteiger partial charge in [-0.3, -0.25) is 0 Å². The van der Waals surface area contributed by atoms with Gasteiger partial charge >= 0.3 is 0 Å². The van der Waals surface area contributed by atoms with E-state index in [1.54, 1.807) is 0 Å². The van der Waals surface area contributed by atoms with Gasteiger partial charge < -0.3 is 10.2 Å². The summed E-state index contributed by atoms with van der Waals surface area (Å²) in [5.41, 5.74) is -0.293. The van der Waals surface area contributed by atoms with E-state index in [4.69, 9.17) is 0 Å². The van der Waals surface area contributed by atoms with Gasteiger partial charge in [0, 0.05) is 25.9 Å². The van der Waals surface area contributed by atoms with Crippen LogP contribution in [0, 0.1) is 10.8 Å². The van der Waals surface area contributed by atoms with Gasteiger partial charge in [-0.1, -0.05) is 65.8 Å². The van der Waals surface area contributed by atoms with Gasteiger partial charge in [0.2, 0.25) is 0 Å². The van der Waals surface area contributed by atoms with Crippen molar-refractivity contribution >= 4 is 0 Å². The van der Waals surface area contributed by atoms with Gasteiger partial charge in [-0.25, -0.2) is 0 Å². The first-order valence-electron chi connectivity index (χ1n) is 8.21. The maximum atomic E-state index is 9.76. The molecule has 2 nitrogen and oxygen atoms in total. The monoisotopic (exact) mass is 398 g/mol. The number of rotatable bonds is 2. The molecule has 0 bridgehead atoms. The Morgan fingerprint density at radius 1 is 0.682 bits per heavy atom. The van der Waals surface area contributed by atoms with E-state index in [9.17, 15) is 10.2 Å². The molecule has 0 spiro atoms. The third-order valence-corrected chi connectivity index (χ3v) is 3.78. The van der Waals surface area contributed by atoms with E-state index in [0.717, 1.165) is 0 Å². The Morgan fingerprint density at radius 3 is 1.09 bits per heavy atom. The normalized spacial score (nSPS) is 21.1. The number of hydrogen-bond donors (Lipinski definition) is 2. The fourth-order valence-electron chi connectivity index (χ4n) is 1.77. The zero-order valence-electron chi connectivity index (χ0n) is 15.2. The van der Waals surface area contributed by atoms with E-state index in [0.29, 0.717) is 6.42 Å². The van der Waals surface area contributed by atoms with Crippen LogP contribution in [-0.4, -0.2) is 22.4 Å². The van der Waals surface area contributed by atoms with E-state index in [-0.39, 0.29) is 30.3 Å². The van der Waals surface area contributed by atoms with Gasteiger partial charge in [0.25, 0.3) is 0 Å². The molecule has 0 aromatic carbocycles. The van der Waals surface area contributed by atoms with E-state index in [1.807, 2.05) is 41.5 Å². The molecular weight excluding hydrogens is 361 g/mol. The van der Waals surface area contributed by atoms with E-state index in [2.05, 4.69) is 24.3 Å². The Balaban J connectivity index is 0. The molecular formula is C19H36O2Ru. The van der Waals surface area contributed by atoms with Gasteiger partial charge in [-0.2, -0.15) is 0 Å². The molecule has 0 saturated heterocycles. The van der Waals surface area contributed by atoms with Crippen molar-refractivity contribution in [2.75, 3.05) is 0 Å². The van der Waals surface area contributed by atoms with Crippen molar-refractivity contribution in [2.24, 2.45) is 10.8 Å². The minimum absolute atomic E-state index is 0. The van der Waals surface area contributed by atoms with Crippen molar-refractivity contribution in [2.45, 2.75) is 85.9 Å². The molecule has 1 aliphatic carbocycles. The minimum Gasteiger partial charge on any atom is -0.392 e. The predicted octanol–water partition coefficient (Wildman–Crippen LogP) is 4.86. The topological polar surface area (TPSA) is 40.5 Å². The fraction of sp³-hybridized carbons (Fsp3) is 0.789. The van der Waals surface area contributed by atoms with Crippen molar-refractivity contribution in [3.63, 3.8) is 0 Å². The summed E-state index contributed by atoms with van der Waals surface area (Å²) < 4.78 is 0. The molecule has 1 rings (SSSR count). The second-order valence-corrected chi connectivity index (χ2v) is 8.10. The number of aliphatic hydroxyl groups excluding tert-OH is 2. The molecule has 1 aliphatic rings. The van der Waals surface area contributed by atoms with Crippen molar-refractivity contribution < 1.29 is 29.7 Å². The average molecular weight is 398 g/mol. The molecule has 0 saturated carbocycles. The minimum atomic E-state index is -0.443. The molecule has 132 valence electrons. The summed E-state index contributed by atoms with van der Waals surface area (Å²) in [4.78, 5) is 0. The second kappa shape index (κ2) is 11.5. The number of hydrogen-bond acceptors (Lipinski definition) is 2. The molecule has 0 amide bonds. The Hall–Kier alpha value is 0.0234. The van der Waals surface area contributed by atoms with Gasteiger partial charge in [-0.15, -0.1) is 0 Å². The molecule has 0 aromatic rings. The third-order valence-electron chi connectivity index (χ3n) is 3.78. The van der Waals surface area contributed by atoms with Gasteiger partial charge in [-0.05, 0) is 36.5 Å². The van der Waals surface area contributed by atoms with E-state index in [1.165, 1.54) is 25.7 Å². The zero-order chi connectivity index (χ0) is 16.5. The summed E-state index contributed by atoms with van der Waals surface area (Å²) in [6.07, 6.45) is 13.6. The van der Waals surface area contributed by atoms with Crippen LogP contribution in [0.25, 0.3) is 0 Å². The maximum Gasteiger partial charge on any atom is 0.0613 e. The maximum absolute atomic E-state index is 9.76. The largest absolute Gasteiger partial charge is 0.392 e. The summed E-state index contributed by atoms with van der Waals surface area (Å²) in [5, 5.41) is 19.5. The second-order valence-electron chi connectivity index (χ2n) is 8.10. The first kappa shape index (κ1) is 24.3. The standard InChI is InChI=1S/C11H24O2.C8H12.Ru/c1-10(2,3)8(12)7-9(13)11(4,5)6;1-2-4-6-8-7-5-3-1;/h8-9,12-13H,7H2,1-6H3;1-2,7-8H,3-6H2;/b;2-1-,8-7-;. The van der Waals surface area contributed by atoms with Crippen molar-refractivity contribution in [3.05, 3.63) is 24.3 Å². The van der Waals surface area contributed by atoms with Crippen LogP contribution in [0.3, 0.4) is 0 Å². The van der Waals surface area contributed by atoms with Gasteiger partial charge in [0.1, 0.15) is 0 Å². The van der Waals surface area contributed by atoms with Gasteiger partial charge in [0.05, 0.1) is 12.2 Å². The van der Waals surface area contributed by atoms with Crippen LogP contribution in [0.15, 0.2) is 24.3 Å². The smallest absolute Gasteiger partial charge is 0.0613 e. The van der Waals surface area contributed by atoms with E-state index < -0.39 is 12.2 Å². The van der Waals surface area contributed by atoms with Crippen LogP contribution in [0.5, 0.6) is 0 Å². The van der Waals surface area contributed by atoms with Crippen molar-refractivity contribution in [1.29, 1.82) is 0 Å². The van der Waals surface area contributed by atoms with Gasteiger partial charge in [0.15, 0.2) is 0 Å². The van der Waals surface area contributed by atoms with Crippen LogP contribution in [0.1, 0.15) is 73.6 Å². The molecule has 0 aliphatic heterocycles.